The predicted molar refractivity (Wildman–Crippen MR) is 102 cm³/mol. The van der Waals surface area contributed by atoms with Crippen molar-refractivity contribution in [1.82, 2.24) is 15.2 Å². The number of benzene rings is 1. The Bertz CT molecular complexity index is 779. The molecule has 1 aromatic carbocycles. The number of nitrogens with two attached hydrogens (primary N) is 2. The van der Waals surface area contributed by atoms with Gasteiger partial charge in [-0.05, 0) is 36.0 Å². The van der Waals surface area contributed by atoms with Crippen molar-refractivity contribution in [3.63, 3.8) is 0 Å². The summed E-state index contributed by atoms with van der Waals surface area (Å²) in [7, 11) is 0. The number of hydrogen-bond donors (Lipinski definition) is 3. The first kappa shape index (κ1) is 17.0. The van der Waals surface area contributed by atoms with Gasteiger partial charge in [0.05, 0.1) is 12.2 Å². The molecule has 0 spiro atoms. The fraction of sp³-hybridized carbons (Fsp3) is 0.400. The van der Waals surface area contributed by atoms with Crippen LogP contribution in [-0.4, -0.2) is 48.0 Å². The van der Waals surface area contributed by atoms with Crippen LogP contribution in [0.4, 0.5) is 5.82 Å². The topological polar surface area (TPSA) is 97.3 Å². The fourth-order valence-corrected chi connectivity index (χ4v) is 4.06. The number of rotatable bonds is 7. The van der Waals surface area contributed by atoms with Crippen LogP contribution in [0.3, 0.4) is 0 Å². The minimum absolute atomic E-state index is 0.274. The molecule has 2 fully saturated rings. The molecule has 1 saturated heterocycles. The van der Waals surface area contributed by atoms with Crippen LogP contribution >= 0.6 is 0 Å². The van der Waals surface area contributed by atoms with E-state index in [0.29, 0.717) is 30.2 Å². The van der Waals surface area contributed by atoms with Gasteiger partial charge in [-0.2, -0.15) is 0 Å². The number of amides is 1. The van der Waals surface area contributed by atoms with Crippen LogP contribution in [0.15, 0.2) is 42.5 Å². The van der Waals surface area contributed by atoms with Gasteiger partial charge in [-0.3, -0.25) is 4.79 Å². The Morgan fingerprint density at radius 3 is 2.54 bits per heavy atom. The molecule has 2 aromatic rings. The van der Waals surface area contributed by atoms with Crippen LogP contribution in [0.25, 0.3) is 11.3 Å². The molecule has 1 aromatic heterocycles. The van der Waals surface area contributed by atoms with Gasteiger partial charge in [-0.1, -0.05) is 30.3 Å². The molecule has 2 aliphatic rings. The van der Waals surface area contributed by atoms with E-state index in [1.54, 1.807) is 6.07 Å². The van der Waals surface area contributed by atoms with E-state index in [2.05, 4.69) is 39.5 Å². The van der Waals surface area contributed by atoms with Crippen molar-refractivity contribution in [2.75, 3.05) is 31.9 Å². The molecule has 1 aliphatic heterocycles. The van der Waals surface area contributed by atoms with Gasteiger partial charge in [0.2, 0.25) is 5.91 Å². The molecule has 6 nitrogen and oxygen atoms in total. The van der Waals surface area contributed by atoms with Gasteiger partial charge < -0.3 is 21.7 Å². The van der Waals surface area contributed by atoms with Crippen LogP contribution in [0.2, 0.25) is 0 Å². The van der Waals surface area contributed by atoms with Crippen molar-refractivity contribution in [2.24, 2.45) is 17.6 Å². The van der Waals surface area contributed by atoms with Gasteiger partial charge in [0.1, 0.15) is 5.82 Å². The van der Waals surface area contributed by atoms with Crippen molar-refractivity contribution >= 4 is 11.7 Å². The molecule has 2 heterocycles. The lowest BCUT2D eigenvalue weighted by Crippen LogP contribution is -2.36. The first-order valence-corrected chi connectivity index (χ1v) is 9.16. The quantitative estimate of drug-likeness (QED) is 0.688. The third kappa shape index (κ3) is 3.71. The number of nitrogens with one attached hydrogen (secondary N) is 1. The number of hydrogen-bond acceptors (Lipinski definition) is 5. The van der Waals surface area contributed by atoms with Gasteiger partial charge in [-0.25, -0.2) is 4.98 Å². The van der Waals surface area contributed by atoms with Crippen LogP contribution < -0.4 is 16.8 Å². The highest BCUT2D eigenvalue weighted by Crippen LogP contribution is 2.45. The Labute approximate surface area is 153 Å². The third-order valence-corrected chi connectivity index (χ3v) is 5.52. The van der Waals surface area contributed by atoms with E-state index in [9.17, 15) is 4.79 Å². The number of carbonyl (C=O) groups excluding carboxylic acids is 1. The number of likely N-dealkylation sites (tertiary alicyclic amines) is 1. The Morgan fingerprint density at radius 2 is 1.88 bits per heavy atom. The second-order valence-electron chi connectivity index (χ2n) is 7.35. The number of primary amides is 1. The van der Waals surface area contributed by atoms with Crippen molar-refractivity contribution in [3.8, 4) is 11.3 Å². The summed E-state index contributed by atoms with van der Waals surface area (Å²) in [6.45, 7) is 3.61. The van der Waals surface area contributed by atoms with Crippen molar-refractivity contribution < 1.29 is 4.79 Å². The molecule has 2 atom stereocenters. The molecule has 2 unspecified atom stereocenters. The largest absolute Gasteiger partial charge is 0.384 e. The number of nitrogens with zero attached hydrogens (tertiary/aromatic N) is 2. The molecular formula is C20H25N5O. The zero-order valence-electron chi connectivity index (χ0n) is 14.8. The zero-order chi connectivity index (χ0) is 18.1. The highest BCUT2D eigenvalue weighted by Gasteiger charge is 2.55. The molecular weight excluding hydrogens is 326 g/mol. The van der Waals surface area contributed by atoms with E-state index in [-0.39, 0.29) is 5.91 Å². The second kappa shape index (κ2) is 7.05. The van der Waals surface area contributed by atoms with Crippen molar-refractivity contribution in [3.05, 3.63) is 48.0 Å². The van der Waals surface area contributed by atoms with Gasteiger partial charge in [0, 0.05) is 31.2 Å². The van der Waals surface area contributed by atoms with E-state index >= 15 is 0 Å². The molecule has 26 heavy (non-hydrogen) atoms. The average molecular weight is 351 g/mol. The maximum absolute atomic E-state index is 10.8. The summed E-state index contributed by atoms with van der Waals surface area (Å²) in [5.74, 6) is 1.64. The van der Waals surface area contributed by atoms with Gasteiger partial charge in [0.15, 0.2) is 0 Å². The molecule has 1 aliphatic carbocycles. The predicted octanol–water partition coefficient (Wildman–Crippen LogP) is 0.878. The van der Waals surface area contributed by atoms with Crippen molar-refractivity contribution in [1.29, 1.82) is 0 Å². The number of nitrogen functional groups attached to an aromatic ring is 1. The number of fused-ring (bicyclic) bond motifs is 1. The van der Waals surface area contributed by atoms with E-state index in [4.69, 9.17) is 11.5 Å². The maximum atomic E-state index is 10.8. The Balaban J connectivity index is 1.25. The maximum Gasteiger partial charge on any atom is 0.231 e. The molecule has 5 N–H and O–H groups in total. The summed E-state index contributed by atoms with van der Waals surface area (Å²) in [6.07, 6.45) is 1.05. The highest BCUT2D eigenvalue weighted by molar-refractivity contribution is 5.76. The van der Waals surface area contributed by atoms with E-state index < -0.39 is 0 Å². The number of piperidine rings is 1. The first-order chi connectivity index (χ1) is 12.6. The van der Waals surface area contributed by atoms with E-state index in [0.717, 1.165) is 37.3 Å². The molecule has 136 valence electrons. The lowest BCUT2D eigenvalue weighted by molar-refractivity contribution is -0.117. The lowest BCUT2D eigenvalue weighted by Gasteiger charge is -2.19. The SMILES string of the molecule is NC(=O)CNC1C2CN(CCc3ccc(-c4cccc(N)n4)cc3)CC21. The van der Waals surface area contributed by atoms with E-state index in [1.165, 1.54) is 5.56 Å². The highest BCUT2D eigenvalue weighted by atomic mass is 16.1. The summed E-state index contributed by atoms with van der Waals surface area (Å²) in [5, 5.41) is 3.26. The van der Waals surface area contributed by atoms with Gasteiger partial charge in [-0.15, -0.1) is 0 Å². The molecule has 4 rings (SSSR count). The minimum Gasteiger partial charge on any atom is -0.384 e. The van der Waals surface area contributed by atoms with Crippen LogP contribution in [-0.2, 0) is 11.2 Å². The summed E-state index contributed by atoms with van der Waals surface area (Å²) < 4.78 is 0. The Kier molecular flexibility index (Phi) is 4.61. The lowest BCUT2D eigenvalue weighted by atomic mass is 10.1. The molecule has 0 radical (unpaired) electrons. The number of anilines is 1. The van der Waals surface area contributed by atoms with Gasteiger partial charge >= 0.3 is 0 Å². The van der Waals surface area contributed by atoms with Crippen LogP contribution in [0.5, 0.6) is 0 Å². The first-order valence-electron chi connectivity index (χ1n) is 9.16. The summed E-state index contributed by atoms with van der Waals surface area (Å²) >= 11 is 0. The molecule has 6 heteroatoms. The number of carbonyl (C=O) groups is 1. The van der Waals surface area contributed by atoms with Crippen LogP contribution in [0.1, 0.15) is 5.56 Å². The number of pyridine rings is 1. The Hall–Kier alpha value is -2.44. The van der Waals surface area contributed by atoms with Crippen LogP contribution in [0, 0.1) is 11.8 Å². The summed E-state index contributed by atoms with van der Waals surface area (Å²) in [4.78, 5) is 17.7. The second-order valence-corrected chi connectivity index (χ2v) is 7.35. The number of aromatic nitrogens is 1. The monoisotopic (exact) mass is 351 g/mol. The zero-order valence-corrected chi connectivity index (χ0v) is 14.8. The fourth-order valence-electron chi connectivity index (χ4n) is 4.06. The molecule has 1 saturated carbocycles. The minimum atomic E-state index is -0.274. The smallest absolute Gasteiger partial charge is 0.231 e. The molecule has 1 amide bonds. The average Bonchev–Trinajstić information content (AvgIpc) is 3.09. The standard InChI is InChI=1S/C20H25N5O/c21-18-3-1-2-17(24-18)14-6-4-13(5-7-14)8-9-25-11-15-16(12-25)20(15)23-10-19(22)26/h1-7,15-16,20,23H,8-12H2,(H2,21,24)(H2,22,26). The van der Waals surface area contributed by atoms with Gasteiger partial charge in [0.25, 0.3) is 0 Å². The van der Waals surface area contributed by atoms with Crippen molar-refractivity contribution in [2.45, 2.75) is 12.5 Å². The Morgan fingerprint density at radius 1 is 1.15 bits per heavy atom. The summed E-state index contributed by atoms with van der Waals surface area (Å²) in [6, 6.07) is 14.8. The van der Waals surface area contributed by atoms with E-state index in [1.807, 2.05) is 12.1 Å². The normalized spacial score (nSPS) is 24.4. The molecule has 0 bridgehead atoms. The third-order valence-electron chi connectivity index (χ3n) is 5.52. The summed E-state index contributed by atoms with van der Waals surface area (Å²) in [5.41, 5.74) is 14.3.